The van der Waals surface area contributed by atoms with E-state index in [1.165, 1.54) is 0 Å². The van der Waals surface area contributed by atoms with Crippen LogP contribution in [0, 0.1) is 0 Å². The summed E-state index contributed by atoms with van der Waals surface area (Å²) >= 11 is 0. The molecule has 5 nitrogen and oxygen atoms in total. The van der Waals surface area contributed by atoms with E-state index in [1.807, 2.05) is 27.7 Å². The maximum atomic E-state index is 10.4. The summed E-state index contributed by atoms with van der Waals surface area (Å²) in [5.41, 5.74) is 4.98. The third-order valence-electron chi connectivity index (χ3n) is 1.97. The molecule has 112 valence electrons. The maximum Gasteiger partial charge on any atom is 0.217 e. The van der Waals surface area contributed by atoms with E-state index in [0.29, 0.717) is 6.42 Å². The minimum Gasteiger partial charge on any atom is -0.395 e. The van der Waals surface area contributed by atoms with Gasteiger partial charge in [0.15, 0.2) is 0 Å². The summed E-state index contributed by atoms with van der Waals surface area (Å²) in [6.45, 7) is 8.63. The first-order valence-electron chi connectivity index (χ1n) is 6.94. The number of aliphatic hydroxyl groups excluding tert-OH is 2. The Morgan fingerprint density at radius 1 is 1.06 bits per heavy atom. The molecule has 0 atom stereocenters. The Morgan fingerprint density at radius 3 is 1.94 bits per heavy atom. The van der Waals surface area contributed by atoms with Crippen LogP contribution in [0.15, 0.2) is 0 Å². The van der Waals surface area contributed by atoms with Gasteiger partial charge in [0.2, 0.25) is 5.91 Å². The SMILES string of the molecule is CC.CC.NC(=O)CCCCCNC(CO)CO. The molecule has 0 bridgehead atoms. The first-order chi connectivity index (χ1) is 8.70. The van der Waals surface area contributed by atoms with Crippen molar-refractivity contribution in [2.45, 2.75) is 59.4 Å². The smallest absolute Gasteiger partial charge is 0.217 e. The lowest BCUT2D eigenvalue weighted by molar-refractivity contribution is -0.118. The number of hydrogen-bond donors (Lipinski definition) is 4. The van der Waals surface area contributed by atoms with E-state index < -0.39 is 0 Å². The quantitative estimate of drug-likeness (QED) is 0.468. The van der Waals surface area contributed by atoms with Gasteiger partial charge in [-0.05, 0) is 19.4 Å². The highest BCUT2D eigenvalue weighted by molar-refractivity contribution is 5.73. The Labute approximate surface area is 112 Å². The predicted molar refractivity (Wildman–Crippen MR) is 76.3 cm³/mol. The highest BCUT2D eigenvalue weighted by Crippen LogP contribution is 1.98. The topological polar surface area (TPSA) is 95.6 Å². The molecule has 0 aliphatic rings. The minimum atomic E-state index is -0.262. The van der Waals surface area contributed by atoms with E-state index in [-0.39, 0.29) is 25.2 Å². The summed E-state index contributed by atoms with van der Waals surface area (Å²) in [4.78, 5) is 10.4. The van der Waals surface area contributed by atoms with E-state index in [1.54, 1.807) is 0 Å². The van der Waals surface area contributed by atoms with Gasteiger partial charge in [0, 0.05) is 6.42 Å². The molecule has 0 rings (SSSR count). The normalized spacial score (nSPS) is 9.06. The Hall–Kier alpha value is -0.650. The van der Waals surface area contributed by atoms with Gasteiger partial charge >= 0.3 is 0 Å². The highest BCUT2D eigenvalue weighted by atomic mass is 16.3. The van der Waals surface area contributed by atoms with E-state index >= 15 is 0 Å². The zero-order valence-corrected chi connectivity index (χ0v) is 12.4. The first-order valence-corrected chi connectivity index (χ1v) is 6.94. The molecule has 0 aromatic heterocycles. The van der Waals surface area contributed by atoms with Crippen molar-refractivity contribution < 1.29 is 15.0 Å². The van der Waals surface area contributed by atoms with Gasteiger partial charge in [0.1, 0.15) is 0 Å². The average molecular weight is 264 g/mol. The van der Waals surface area contributed by atoms with Gasteiger partial charge in [-0.2, -0.15) is 0 Å². The number of unbranched alkanes of at least 4 members (excludes halogenated alkanes) is 2. The van der Waals surface area contributed by atoms with Crippen LogP contribution >= 0.6 is 0 Å². The van der Waals surface area contributed by atoms with Crippen LogP contribution in [0.1, 0.15) is 53.4 Å². The van der Waals surface area contributed by atoms with E-state index in [4.69, 9.17) is 15.9 Å². The second-order valence-corrected chi connectivity index (χ2v) is 3.29. The molecule has 0 aromatic carbocycles. The molecule has 0 radical (unpaired) electrons. The van der Waals surface area contributed by atoms with Gasteiger partial charge in [0.05, 0.1) is 19.3 Å². The minimum absolute atomic E-state index is 0.0578. The number of nitrogens with one attached hydrogen (secondary N) is 1. The highest BCUT2D eigenvalue weighted by Gasteiger charge is 2.02. The zero-order valence-electron chi connectivity index (χ0n) is 12.4. The number of carbonyl (C=O) groups excluding carboxylic acids is 1. The summed E-state index contributed by atoms with van der Waals surface area (Å²) in [5, 5.41) is 20.4. The van der Waals surface area contributed by atoms with Crippen LogP contribution in [0.4, 0.5) is 0 Å². The van der Waals surface area contributed by atoms with Gasteiger partial charge in [-0.15, -0.1) is 0 Å². The summed E-state index contributed by atoms with van der Waals surface area (Å²) in [6.07, 6.45) is 3.09. The molecule has 5 heteroatoms. The van der Waals surface area contributed by atoms with Crippen molar-refractivity contribution in [3.05, 3.63) is 0 Å². The van der Waals surface area contributed by atoms with Crippen molar-refractivity contribution in [2.24, 2.45) is 5.73 Å². The maximum absolute atomic E-state index is 10.4. The molecule has 0 spiro atoms. The molecule has 0 aromatic rings. The number of primary amides is 1. The lowest BCUT2D eigenvalue weighted by atomic mass is 10.2. The molecule has 0 fully saturated rings. The van der Waals surface area contributed by atoms with Crippen LogP contribution < -0.4 is 11.1 Å². The molecule has 0 saturated heterocycles. The summed E-state index contributed by atoms with van der Waals surface area (Å²) in [7, 11) is 0. The van der Waals surface area contributed by atoms with Crippen molar-refractivity contribution in [3.63, 3.8) is 0 Å². The molecule has 18 heavy (non-hydrogen) atoms. The molecular weight excluding hydrogens is 232 g/mol. The molecule has 1 amide bonds. The number of rotatable bonds is 9. The standard InChI is InChI=1S/C9H20N2O3.2C2H6/c10-9(14)4-2-1-3-5-11-8(6-12)7-13;2*1-2/h8,11-13H,1-7H2,(H2,10,14);2*1-2H3. The van der Waals surface area contributed by atoms with Gasteiger partial charge in [0.25, 0.3) is 0 Å². The largest absolute Gasteiger partial charge is 0.395 e. The van der Waals surface area contributed by atoms with E-state index in [0.717, 1.165) is 25.8 Å². The lowest BCUT2D eigenvalue weighted by Gasteiger charge is -2.12. The Kier molecular flexibility index (Phi) is 27.0. The molecule has 0 heterocycles. The fraction of sp³-hybridized carbons (Fsp3) is 0.923. The van der Waals surface area contributed by atoms with Crippen molar-refractivity contribution in [2.75, 3.05) is 19.8 Å². The van der Waals surface area contributed by atoms with E-state index in [9.17, 15) is 4.79 Å². The predicted octanol–water partition coefficient (Wildman–Crippen LogP) is 1.03. The van der Waals surface area contributed by atoms with E-state index in [2.05, 4.69) is 5.32 Å². The molecule has 0 unspecified atom stereocenters. The van der Waals surface area contributed by atoms with Crippen molar-refractivity contribution in [1.29, 1.82) is 0 Å². The first kappa shape index (κ1) is 22.5. The molecule has 0 saturated carbocycles. The second kappa shape index (κ2) is 21.6. The summed E-state index contributed by atoms with van der Waals surface area (Å²) in [6, 6.07) is -0.230. The van der Waals surface area contributed by atoms with Crippen molar-refractivity contribution >= 4 is 5.91 Å². The molecule has 0 aliphatic heterocycles. The van der Waals surface area contributed by atoms with Gasteiger partial charge in [-0.25, -0.2) is 0 Å². The summed E-state index contributed by atoms with van der Waals surface area (Å²) < 4.78 is 0. The van der Waals surface area contributed by atoms with Crippen LogP contribution in [0.2, 0.25) is 0 Å². The van der Waals surface area contributed by atoms with Crippen LogP contribution in [0.3, 0.4) is 0 Å². The number of hydrogen-bond acceptors (Lipinski definition) is 4. The molecule has 5 N–H and O–H groups in total. The Balaban J connectivity index is -0.000000506. The fourth-order valence-electron chi connectivity index (χ4n) is 1.09. The Bertz CT molecular complexity index is 151. The fourth-order valence-corrected chi connectivity index (χ4v) is 1.09. The van der Waals surface area contributed by atoms with Gasteiger partial charge < -0.3 is 21.3 Å². The zero-order chi connectivity index (χ0) is 14.8. The number of amides is 1. The summed E-state index contributed by atoms with van der Waals surface area (Å²) in [5.74, 6) is -0.262. The lowest BCUT2D eigenvalue weighted by Crippen LogP contribution is -2.36. The third kappa shape index (κ3) is 20.7. The molecule has 0 aliphatic carbocycles. The molecular formula is C13H32N2O3. The van der Waals surface area contributed by atoms with Crippen LogP contribution in [-0.4, -0.2) is 41.9 Å². The average Bonchev–Trinajstić information content (AvgIpc) is 2.42. The monoisotopic (exact) mass is 264 g/mol. The number of aliphatic hydroxyl groups is 2. The number of nitrogens with two attached hydrogens (primary N) is 1. The van der Waals surface area contributed by atoms with Gasteiger partial charge in [-0.1, -0.05) is 34.1 Å². The van der Waals surface area contributed by atoms with Crippen LogP contribution in [-0.2, 0) is 4.79 Å². The third-order valence-corrected chi connectivity index (χ3v) is 1.97. The van der Waals surface area contributed by atoms with Crippen LogP contribution in [0.5, 0.6) is 0 Å². The van der Waals surface area contributed by atoms with Gasteiger partial charge in [-0.3, -0.25) is 4.79 Å². The van der Waals surface area contributed by atoms with Crippen LogP contribution in [0.25, 0.3) is 0 Å². The second-order valence-electron chi connectivity index (χ2n) is 3.29. The van der Waals surface area contributed by atoms with Crippen molar-refractivity contribution in [1.82, 2.24) is 5.32 Å². The van der Waals surface area contributed by atoms with Crippen molar-refractivity contribution in [3.8, 4) is 0 Å². The Morgan fingerprint density at radius 2 is 1.56 bits per heavy atom. The number of carbonyl (C=O) groups is 1.